The summed E-state index contributed by atoms with van der Waals surface area (Å²) >= 11 is 6.59. The molecule has 134 valence electrons. The number of amides is 4. The van der Waals surface area contributed by atoms with Crippen molar-refractivity contribution in [3.63, 3.8) is 0 Å². The number of hydrogen-bond acceptors (Lipinski definition) is 5. The second-order valence-electron chi connectivity index (χ2n) is 5.78. The van der Waals surface area contributed by atoms with Gasteiger partial charge in [0.15, 0.2) is 6.61 Å². The Morgan fingerprint density at radius 1 is 1.28 bits per heavy atom. The number of urea groups is 1. The molecule has 1 aromatic rings. The molecule has 1 saturated heterocycles. The summed E-state index contributed by atoms with van der Waals surface area (Å²) in [7, 11) is 0. The molecule has 0 saturated carbocycles. The van der Waals surface area contributed by atoms with E-state index in [1.807, 2.05) is 0 Å². The van der Waals surface area contributed by atoms with Gasteiger partial charge >= 0.3 is 12.0 Å². The van der Waals surface area contributed by atoms with Crippen molar-refractivity contribution >= 4 is 61.4 Å². The van der Waals surface area contributed by atoms with Crippen LogP contribution in [0, 0.1) is 0 Å². The number of rotatable bonds is 5. The van der Waals surface area contributed by atoms with E-state index < -0.39 is 42.5 Å². The Morgan fingerprint density at radius 2 is 1.96 bits per heavy atom. The molecular weight excluding hydrogens is 462 g/mol. The molecule has 0 atom stereocenters. The third-order valence-corrected chi connectivity index (χ3v) is 4.45. The van der Waals surface area contributed by atoms with E-state index in [0.29, 0.717) is 10.2 Å². The molecule has 2 N–H and O–H groups in total. The number of halogens is 2. The van der Waals surface area contributed by atoms with Crippen molar-refractivity contribution in [3.05, 3.63) is 27.1 Å². The van der Waals surface area contributed by atoms with Gasteiger partial charge in [0.2, 0.25) is 0 Å². The Morgan fingerprint density at radius 3 is 2.52 bits per heavy atom. The zero-order valence-electron chi connectivity index (χ0n) is 13.4. The number of nitrogens with zero attached hydrogens (tertiary/aromatic N) is 1. The van der Waals surface area contributed by atoms with Crippen LogP contribution < -0.4 is 10.6 Å². The summed E-state index contributed by atoms with van der Waals surface area (Å²) in [6, 6.07) is 4.49. The molecule has 1 aliphatic rings. The summed E-state index contributed by atoms with van der Waals surface area (Å²) in [5.74, 6) is -1.93. The van der Waals surface area contributed by atoms with E-state index in [-0.39, 0.29) is 0 Å². The molecule has 2 rings (SSSR count). The van der Waals surface area contributed by atoms with Crippen molar-refractivity contribution < 1.29 is 23.9 Å². The minimum Gasteiger partial charge on any atom is -0.454 e. The first kappa shape index (κ1) is 19.4. The highest BCUT2D eigenvalue weighted by atomic mass is 79.9. The van der Waals surface area contributed by atoms with Crippen molar-refractivity contribution in [3.8, 4) is 0 Å². The van der Waals surface area contributed by atoms with Gasteiger partial charge in [-0.25, -0.2) is 4.79 Å². The predicted molar refractivity (Wildman–Crippen MR) is 95.8 cm³/mol. The number of esters is 1. The Labute approximate surface area is 160 Å². The van der Waals surface area contributed by atoms with Gasteiger partial charge in [0, 0.05) is 8.95 Å². The van der Waals surface area contributed by atoms with Crippen LogP contribution in [0.2, 0.25) is 0 Å². The lowest BCUT2D eigenvalue weighted by atomic mass is 10.1. The van der Waals surface area contributed by atoms with Gasteiger partial charge < -0.3 is 15.4 Å². The van der Waals surface area contributed by atoms with Gasteiger partial charge in [-0.15, -0.1) is 0 Å². The summed E-state index contributed by atoms with van der Waals surface area (Å²) in [5, 5.41) is 5.02. The van der Waals surface area contributed by atoms with E-state index in [1.54, 1.807) is 18.2 Å². The van der Waals surface area contributed by atoms with Crippen LogP contribution in [0.15, 0.2) is 27.1 Å². The quantitative estimate of drug-likeness (QED) is 0.499. The first-order chi connectivity index (χ1) is 11.6. The molecule has 25 heavy (non-hydrogen) atoms. The van der Waals surface area contributed by atoms with Gasteiger partial charge in [-0.3, -0.25) is 19.3 Å². The molecule has 0 unspecified atom stereocenters. The summed E-state index contributed by atoms with van der Waals surface area (Å²) < 4.78 is 6.31. The zero-order valence-corrected chi connectivity index (χ0v) is 16.6. The fourth-order valence-corrected chi connectivity index (χ4v) is 3.21. The highest BCUT2D eigenvalue weighted by Gasteiger charge is 2.45. The van der Waals surface area contributed by atoms with Crippen molar-refractivity contribution in [1.82, 2.24) is 10.2 Å². The topological polar surface area (TPSA) is 105 Å². The van der Waals surface area contributed by atoms with Crippen LogP contribution in [-0.2, 0) is 19.1 Å². The second-order valence-corrected chi connectivity index (χ2v) is 7.55. The molecule has 1 aromatic carbocycles. The van der Waals surface area contributed by atoms with Crippen LogP contribution in [0.1, 0.15) is 13.8 Å². The molecule has 1 fully saturated rings. The van der Waals surface area contributed by atoms with Gasteiger partial charge in [0.05, 0.1) is 5.69 Å². The van der Waals surface area contributed by atoms with Crippen LogP contribution in [0.3, 0.4) is 0 Å². The number of nitrogens with one attached hydrogen (secondary N) is 2. The first-order valence-electron chi connectivity index (χ1n) is 7.15. The average molecular weight is 477 g/mol. The van der Waals surface area contributed by atoms with E-state index in [9.17, 15) is 19.2 Å². The van der Waals surface area contributed by atoms with Crippen LogP contribution in [0.25, 0.3) is 0 Å². The Hall–Kier alpha value is -1.94. The Bertz CT molecular complexity index is 751. The maximum Gasteiger partial charge on any atom is 0.326 e. The molecule has 10 heteroatoms. The minimum absolute atomic E-state index is 0.514. The fourth-order valence-electron chi connectivity index (χ4n) is 2.06. The van der Waals surface area contributed by atoms with Gasteiger partial charge in [0.25, 0.3) is 11.8 Å². The highest BCUT2D eigenvalue weighted by Crippen LogP contribution is 2.26. The molecule has 4 amide bonds. The highest BCUT2D eigenvalue weighted by molar-refractivity contribution is 9.11. The Balaban J connectivity index is 1.85. The summed E-state index contributed by atoms with van der Waals surface area (Å²) in [4.78, 5) is 48.0. The van der Waals surface area contributed by atoms with E-state index in [0.717, 1.165) is 9.37 Å². The lowest BCUT2D eigenvalue weighted by molar-refractivity contribution is -0.150. The van der Waals surface area contributed by atoms with Crippen LogP contribution in [0.4, 0.5) is 10.5 Å². The van der Waals surface area contributed by atoms with Crippen molar-refractivity contribution in [1.29, 1.82) is 0 Å². The fraction of sp³-hybridized carbons (Fsp3) is 0.333. The number of hydrogen-bond donors (Lipinski definition) is 2. The van der Waals surface area contributed by atoms with Crippen molar-refractivity contribution in [2.75, 3.05) is 18.5 Å². The smallest absolute Gasteiger partial charge is 0.326 e. The number of anilines is 1. The van der Waals surface area contributed by atoms with Gasteiger partial charge in [-0.05, 0) is 48.0 Å². The number of imide groups is 1. The minimum atomic E-state index is -1.07. The van der Waals surface area contributed by atoms with Gasteiger partial charge in [-0.1, -0.05) is 15.9 Å². The molecular formula is C15H15Br2N3O5. The van der Waals surface area contributed by atoms with E-state index >= 15 is 0 Å². The predicted octanol–water partition coefficient (Wildman–Crippen LogP) is 2.02. The average Bonchev–Trinajstić information content (AvgIpc) is 2.70. The molecule has 1 heterocycles. The molecule has 8 nitrogen and oxygen atoms in total. The normalized spacial score (nSPS) is 15.8. The van der Waals surface area contributed by atoms with E-state index in [4.69, 9.17) is 4.74 Å². The molecule has 0 bridgehead atoms. The SMILES string of the molecule is CC1(C)NC(=O)N(CC(=O)OCC(=O)Nc2ccc(Br)cc2Br)C1=O. The molecule has 0 spiro atoms. The number of carbonyl (C=O) groups excluding carboxylic acids is 4. The van der Waals surface area contributed by atoms with Gasteiger partial charge in [0.1, 0.15) is 12.1 Å². The number of ether oxygens (including phenoxy) is 1. The maximum atomic E-state index is 12.0. The zero-order chi connectivity index (χ0) is 18.8. The van der Waals surface area contributed by atoms with Crippen LogP contribution in [0.5, 0.6) is 0 Å². The van der Waals surface area contributed by atoms with E-state index in [2.05, 4.69) is 42.5 Å². The largest absolute Gasteiger partial charge is 0.454 e. The number of benzene rings is 1. The molecule has 0 radical (unpaired) electrons. The summed E-state index contributed by atoms with van der Waals surface area (Å²) in [6.45, 7) is 1.97. The van der Waals surface area contributed by atoms with Crippen molar-refractivity contribution in [2.45, 2.75) is 19.4 Å². The number of carbonyl (C=O) groups is 4. The Kier molecular flexibility index (Phi) is 5.83. The lowest BCUT2D eigenvalue weighted by Crippen LogP contribution is -2.41. The molecule has 0 aliphatic carbocycles. The maximum absolute atomic E-state index is 12.0. The summed E-state index contributed by atoms with van der Waals surface area (Å²) in [6.07, 6.45) is 0. The van der Waals surface area contributed by atoms with Crippen LogP contribution in [-0.4, -0.2) is 47.4 Å². The van der Waals surface area contributed by atoms with Crippen LogP contribution >= 0.6 is 31.9 Å². The first-order valence-corrected chi connectivity index (χ1v) is 8.73. The van der Waals surface area contributed by atoms with E-state index in [1.165, 1.54) is 13.8 Å². The lowest BCUT2D eigenvalue weighted by Gasteiger charge is -2.15. The second kappa shape index (κ2) is 7.52. The standard InChI is InChI=1S/C15H15Br2N3O5/c1-15(2)13(23)20(14(24)19-15)6-12(22)25-7-11(21)18-10-4-3-8(16)5-9(10)17/h3-5H,6-7H2,1-2H3,(H,18,21)(H,19,24). The third kappa shape index (κ3) is 4.79. The van der Waals surface area contributed by atoms with Crippen molar-refractivity contribution in [2.24, 2.45) is 0 Å². The summed E-state index contributed by atoms with van der Waals surface area (Å²) in [5.41, 5.74) is -0.553. The third-order valence-electron chi connectivity index (χ3n) is 3.30. The molecule has 1 aliphatic heterocycles. The van der Waals surface area contributed by atoms with Gasteiger partial charge in [-0.2, -0.15) is 0 Å². The monoisotopic (exact) mass is 475 g/mol. The molecule has 0 aromatic heterocycles.